The number of esters is 1. The fraction of sp³-hybridized carbons (Fsp3) is 0.400. The number of carbonyl (C=O) groups is 1. The van der Waals surface area contributed by atoms with Gasteiger partial charge in [0, 0.05) is 23.8 Å². The molecule has 2 rings (SSSR count). The lowest BCUT2D eigenvalue weighted by atomic mass is 10.2. The maximum Gasteiger partial charge on any atom is 0.311 e. The molecule has 5 nitrogen and oxygen atoms in total. The number of ether oxygens (including phenoxy) is 1. The van der Waals surface area contributed by atoms with Gasteiger partial charge in [0.15, 0.2) is 11.6 Å². The van der Waals surface area contributed by atoms with E-state index in [-0.39, 0.29) is 28.1 Å². The van der Waals surface area contributed by atoms with Crippen LogP contribution in [0, 0.1) is 0 Å². The Bertz CT molecular complexity index is 678. The normalized spacial score (nSPS) is 11.0. The minimum absolute atomic E-state index is 0.114. The highest BCUT2D eigenvalue weighted by molar-refractivity contribution is 6.40. The number of nitrogens with zero attached hydrogens (tertiary/aromatic N) is 2. The van der Waals surface area contributed by atoms with Crippen molar-refractivity contribution in [2.24, 2.45) is 0 Å². The fourth-order valence-corrected chi connectivity index (χ4v) is 2.67. The van der Waals surface area contributed by atoms with Gasteiger partial charge in [-0.2, -0.15) is 4.98 Å². The van der Waals surface area contributed by atoms with E-state index in [0.29, 0.717) is 29.6 Å². The summed E-state index contributed by atoms with van der Waals surface area (Å²) in [5.74, 6) is 1.03. The fourth-order valence-electron chi connectivity index (χ4n) is 1.78. The van der Waals surface area contributed by atoms with Gasteiger partial charge in [-0.25, -0.2) is 0 Å². The number of aromatic nitrogens is 2. The van der Waals surface area contributed by atoms with Crippen molar-refractivity contribution in [2.75, 3.05) is 0 Å². The Morgan fingerprint density at radius 1 is 1.26 bits per heavy atom. The third-order valence-corrected chi connectivity index (χ3v) is 3.73. The molecule has 0 saturated carbocycles. The van der Waals surface area contributed by atoms with Crippen LogP contribution in [0.5, 0.6) is 5.75 Å². The highest BCUT2D eigenvalue weighted by Crippen LogP contribution is 2.36. The molecule has 0 radical (unpaired) electrons. The summed E-state index contributed by atoms with van der Waals surface area (Å²) >= 11 is 17.7. The molecular weight excluding hydrogens is 363 g/mol. The zero-order chi connectivity index (χ0) is 17.0. The monoisotopic (exact) mass is 376 g/mol. The van der Waals surface area contributed by atoms with Crippen LogP contribution < -0.4 is 4.74 Å². The van der Waals surface area contributed by atoms with Crippen molar-refractivity contribution in [2.45, 2.75) is 39.0 Å². The van der Waals surface area contributed by atoms with Gasteiger partial charge in [-0.15, -0.1) is 0 Å². The molecule has 0 atom stereocenters. The summed E-state index contributed by atoms with van der Waals surface area (Å²) in [7, 11) is 0. The molecule has 1 aromatic carbocycles. The molecule has 0 unspecified atom stereocenters. The Kier molecular flexibility index (Phi) is 6.27. The molecule has 0 aliphatic heterocycles. The molecule has 23 heavy (non-hydrogen) atoms. The molecule has 2 aromatic rings. The van der Waals surface area contributed by atoms with Gasteiger partial charge in [-0.1, -0.05) is 53.8 Å². The van der Waals surface area contributed by atoms with Gasteiger partial charge in [0.25, 0.3) is 0 Å². The average molecular weight is 378 g/mol. The maximum atomic E-state index is 11.9. The number of hydrogen-bond donors (Lipinski definition) is 0. The molecule has 0 aliphatic rings. The first-order valence-electron chi connectivity index (χ1n) is 7.04. The van der Waals surface area contributed by atoms with E-state index < -0.39 is 5.97 Å². The molecule has 124 valence electrons. The molecule has 0 fully saturated rings. The molecule has 0 saturated heterocycles. The highest BCUT2D eigenvalue weighted by Gasteiger charge is 2.15. The zero-order valence-electron chi connectivity index (χ0n) is 12.6. The predicted molar refractivity (Wildman–Crippen MR) is 88.4 cm³/mol. The summed E-state index contributed by atoms with van der Waals surface area (Å²) in [6, 6.07) is 2.92. The third kappa shape index (κ3) is 5.09. The Balaban J connectivity index is 1.86. The van der Waals surface area contributed by atoms with Crippen LogP contribution in [0.2, 0.25) is 15.1 Å². The van der Waals surface area contributed by atoms with E-state index in [1.807, 2.05) is 13.8 Å². The van der Waals surface area contributed by atoms with Crippen LogP contribution in [0.1, 0.15) is 44.3 Å². The molecule has 0 bridgehead atoms. The molecular formula is C15H15Cl3N2O3. The Morgan fingerprint density at radius 2 is 1.91 bits per heavy atom. The average Bonchev–Trinajstić information content (AvgIpc) is 2.92. The number of rotatable bonds is 6. The summed E-state index contributed by atoms with van der Waals surface area (Å²) < 4.78 is 10.3. The van der Waals surface area contributed by atoms with Crippen molar-refractivity contribution in [1.29, 1.82) is 0 Å². The summed E-state index contributed by atoms with van der Waals surface area (Å²) in [6.07, 6.45) is 1.19. The van der Waals surface area contributed by atoms with Crippen LogP contribution in [0.15, 0.2) is 16.7 Å². The van der Waals surface area contributed by atoms with Gasteiger partial charge in [0.2, 0.25) is 5.89 Å². The Hall–Kier alpha value is -1.30. The van der Waals surface area contributed by atoms with Crippen molar-refractivity contribution in [3.05, 3.63) is 38.9 Å². The molecule has 1 aromatic heterocycles. The van der Waals surface area contributed by atoms with E-state index in [9.17, 15) is 4.79 Å². The molecule has 0 aliphatic carbocycles. The van der Waals surface area contributed by atoms with Gasteiger partial charge < -0.3 is 9.26 Å². The lowest BCUT2D eigenvalue weighted by Gasteiger charge is -2.08. The van der Waals surface area contributed by atoms with Crippen LogP contribution in [-0.4, -0.2) is 16.1 Å². The van der Waals surface area contributed by atoms with Crippen molar-refractivity contribution in [1.82, 2.24) is 10.1 Å². The van der Waals surface area contributed by atoms with Crippen LogP contribution in [-0.2, 0) is 11.2 Å². The van der Waals surface area contributed by atoms with Crippen LogP contribution in [0.4, 0.5) is 0 Å². The minimum atomic E-state index is -0.445. The quantitative estimate of drug-likeness (QED) is 0.518. The SMILES string of the molecule is CC(C)c1noc(CCCC(=O)Oc2c(Cl)cc(Cl)cc2Cl)n1. The largest absolute Gasteiger partial charge is 0.423 e. The van der Waals surface area contributed by atoms with Crippen molar-refractivity contribution in [3.8, 4) is 5.75 Å². The second kappa shape index (κ2) is 7.99. The van der Waals surface area contributed by atoms with E-state index in [1.165, 1.54) is 12.1 Å². The standard InChI is InChI=1S/C15H15Cl3N2O3/c1-8(2)15-19-12(23-20-15)4-3-5-13(21)22-14-10(17)6-9(16)7-11(14)18/h6-8H,3-5H2,1-2H3. The number of benzene rings is 1. The molecule has 0 amide bonds. The molecule has 0 spiro atoms. The second-order valence-electron chi connectivity index (χ2n) is 5.23. The lowest BCUT2D eigenvalue weighted by molar-refractivity contribution is -0.134. The van der Waals surface area contributed by atoms with Gasteiger partial charge in [0.05, 0.1) is 10.0 Å². The first-order valence-corrected chi connectivity index (χ1v) is 8.18. The topological polar surface area (TPSA) is 65.2 Å². The summed E-state index contributed by atoms with van der Waals surface area (Å²) in [6.45, 7) is 3.96. The lowest BCUT2D eigenvalue weighted by Crippen LogP contribution is -2.09. The predicted octanol–water partition coefficient (Wildman–Crippen LogP) is 5.08. The van der Waals surface area contributed by atoms with Crippen molar-refractivity contribution in [3.63, 3.8) is 0 Å². The Labute approximate surface area is 148 Å². The molecule has 8 heteroatoms. The van der Waals surface area contributed by atoms with Crippen molar-refractivity contribution < 1.29 is 14.1 Å². The third-order valence-electron chi connectivity index (χ3n) is 2.95. The zero-order valence-corrected chi connectivity index (χ0v) is 14.9. The summed E-state index contributed by atoms with van der Waals surface area (Å²) in [4.78, 5) is 16.1. The summed E-state index contributed by atoms with van der Waals surface area (Å²) in [5, 5.41) is 4.61. The maximum absolute atomic E-state index is 11.9. The van der Waals surface area contributed by atoms with Gasteiger partial charge >= 0.3 is 5.97 Å². The Morgan fingerprint density at radius 3 is 2.48 bits per heavy atom. The van der Waals surface area contributed by atoms with Gasteiger partial charge in [-0.05, 0) is 18.6 Å². The number of halogens is 3. The van der Waals surface area contributed by atoms with E-state index in [0.717, 1.165) is 0 Å². The van der Waals surface area contributed by atoms with E-state index >= 15 is 0 Å². The minimum Gasteiger partial charge on any atom is -0.423 e. The van der Waals surface area contributed by atoms with Gasteiger partial charge in [-0.3, -0.25) is 4.79 Å². The second-order valence-corrected chi connectivity index (χ2v) is 6.48. The van der Waals surface area contributed by atoms with E-state index in [2.05, 4.69) is 10.1 Å². The first kappa shape index (κ1) is 18.0. The van der Waals surface area contributed by atoms with Crippen molar-refractivity contribution >= 4 is 40.8 Å². The smallest absolute Gasteiger partial charge is 0.311 e. The number of hydrogen-bond acceptors (Lipinski definition) is 5. The van der Waals surface area contributed by atoms with Gasteiger partial charge in [0.1, 0.15) is 0 Å². The number of aryl methyl sites for hydroxylation is 1. The number of carbonyl (C=O) groups excluding carboxylic acids is 1. The van der Waals surface area contributed by atoms with Crippen LogP contribution in [0.3, 0.4) is 0 Å². The first-order chi connectivity index (χ1) is 10.9. The van der Waals surface area contributed by atoms with E-state index in [1.54, 1.807) is 0 Å². The van der Waals surface area contributed by atoms with Crippen LogP contribution in [0.25, 0.3) is 0 Å². The van der Waals surface area contributed by atoms with E-state index in [4.69, 9.17) is 44.1 Å². The molecule has 1 heterocycles. The van der Waals surface area contributed by atoms with Crippen LogP contribution >= 0.6 is 34.8 Å². The highest BCUT2D eigenvalue weighted by atomic mass is 35.5. The molecule has 0 N–H and O–H groups in total. The summed E-state index contributed by atoms with van der Waals surface area (Å²) in [5.41, 5.74) is 0.